The summed E-state index contributed by atoms with van der Waals surface area (Å²) in [5.41, 5.74) is 0. The van der Waals surface area contributed by atoms with E-state index in [1.807, 2.05) is 0 Å². The van der Waals surface area contributed by atoms with Crippen LogP contribution in [-0.4, -0.2) is 48.6 Å². The van der Waals surface area contributed by atoms with Gasteiger partial charge in [0.15, 0.2) is 0 Å². The summed E-state index contributed by atoms with van der Waals surface area (Å²) in [6.07, 6.45) is 11.8. The van der Waals surface area contributed by atoms with Crippen molar-refractivity contribution in [1.82, 2.24) is 9.80 Å². The number of hydrogen-bond acceptors (Lipinski definition) is 2. The van der Waals surface area contributed by atoms with E-state index >= 15 is 0 Å². The van der Waals surface area contributed by atoms with Crippen LogP contribution in [0.2, 0.25) is 0 Å². The average Bonchev–Trinajstić information content (AvgIpc) is 2.39. The molecule has 2 nitrogen and oxygen atoms in total. The second-order valence-corrected chi connectivity index (χ2v) is 6.53. The Balaban J connectivity index is 1.64. The van der Waals surface area contributed by atoms with Gasteiger partial charge in [0.2, 0.25) is 0 Å². The van der Waals surface area contributed by atoms with E-state index in [-0.39, 0.29) is 0 Å². The molecular formula is C15H28N2. The number of likely N-dealkylation sites (tertiary alicyclic amines) is 2. The Bertz CT molecular complexity index is 243. The molecule has 1 aliphatic carbocycles. The minimum Gasteiger partial charge on any atom is -0.306 e. The first kappa shape index (κ1) is 12.0. The monoisotopic (exact) mass is 236 g/mol. The number of rotatable bonds is 1. The standard InChI is InChI=1S/C15H28N2/c1-16-11-8-14(9-12-16)17-10-4-6-13-5-2-3-7-15(13)17/h13-15H,2-12H2,1H3/t13-,15+/m1/s1. The first-order valence-corrected chi connectivity index (χ1v) is 7.79. The molecule has 3 aliphatic rings. The summed E-state index contributed by atoms with van der Waals surface area (Å²) in [7, 11) is 2.27. The minimum absolute atomic E-state index is 0.914. The molecule has 0 aromatic carbocycles. The smallest absolute Gasteiger partial charge is 0.0126 e. The second-order valence-electron chi connectivity index (χ2n) is 6.53. The zero-order chi connectivity index (χ0) is 11.7. The van der Waals surface area contributed by atoms with Crippen LogP contribution in [0.15, 0.2) is 0 Å². The zero-order valence-corrected chi connectivity index (χ0v) is 11.4. The summed E-state index contributed by atoms with van der Waals surface area (Å²) in [6, 6.07) is 1.88. The predicted molar refractivity (Wildman–Crippen MR) is 72.2 cm³/mol. The van der Waals surface area contributed by atoms with Gasteiger partial charge >= 0.3 is 0 Å². The van der Waals surface area contributed by atoms with E-state index in [0.717, 1.165) is 18.0 Å². The molecule has 0 spiro atoms. The number of hydrogen-bond donors (Lipinski definition) is 0. The molecule has 0 unspecified atom stereocenters. The van der Waals surface area contributed by atoms with Crippen LogP contribution in [0.25, 0.3) is 0 Å². The normalized spacial score (nSPS) is 37.9. The van der Waals surface area contributed by atoms with Crippen LogP contribution in [0.4, 0.5) is 0 Å². The summed E-state index contributed by atoms with van der Waals surface area (Å²) in [4.78, 5) is 5.43. The van der Waals surface area contributed by atoms with Crippen LogP contribution in [0, 0.1) is 5.92 Å². The maximum atomic E-state index is 2.93. The molecule has 98 valence electrons. The maximum Gasteiger partial charge on any atom is 0.0126 e. The third-order valence-corrected chi connectivity index (χ3v) is 5.44. The van der Waals surface area contributed by atoms with E-state index in [1.54, 1.807) is 0 Å². The van der Waals surface area contributed by atoms with E-state index in [0.29, 0.717) is 0 Å². The molecule has 0 aromatic heterocycles. The number of nitrogens with zero attached hydrogens (tertiary/aromatic N) is 2. The Hall–Kier alpha value is -0.0800. The van der Waals surface area contributed by atoms with Crippen molar-refractivity contribution < 1.29 is 0 Å². The van der Waals surface area contributed by atoms with Crippen LogP contribution in [0.3, 0.4) is 0 Å². The lowest BCUT2D eigenvalue weighted by molar-refractivity contribution is 0.00483. The van der Waals surface area contributed by atoms with Gasteiger partial charge in [0, 0.05) is 12.1 Å². The zero-order valence-electron chi connectivity index (χ0n) is 11.4. The molecule has 0 amide bonds. The second kappa shape index (κ2) is 5.27. The molecule has 2 heterocycles. The summed E-state index contributed by atoms with van der Waals surface area (Å²) in [6.45, 7) is 4.03. The van der Waals surface area contributed by atoms with E-state index in [4.69, 9.17) is 0 Å². The fourth-order valence-corrected chi connectivity index (χ4v) is 4.44. The van der Waals surface area contributed by atoms with Gasteiger partial charge in [-0.3, -0.25) is 4.90 Å². The van der Waals surface area contributed by atoms with Crippen LogP contribution in [0.1, 0.15) is 51.4 Å². The Kier molecular flexibility index (Phi) is 3.72. The molecule has 2 saturated heterocycles. The van der Waals surface area contributed by atoms with Crippen molar-refractivity contribution in [3.05, 3.63) is 0 Å². The molecular weight excluding hydrogens is 208 g/mol. The minimum atomic E-state index is 0.914. The molecule has 2 atom stereocenters. The highest BCUT2D eigenvalue weighted by Crippen LogP contribution is 2.37. The van der Waals surface area contributed by atoms with Gasteiger partial charge in [0.25, 0.3) is 0 Å². The van der Waals surface area contributed by atoms with Crippen molar-refractivity contribution in [3.8, 4) is 0 Å². The van der Waals surface area contributed by atoms with Gasteiger partial charge in [0.05, 0.1) is 0 Å². The largest absolute Gasteiger partial charge is 0.306 e. The van der Waals surface area contributed by atoms with Crippen molar-refractivity contribution in [1.29, 1.82) is 0 Å². The van der Waals surface area contributed by atoms with E-state index in [1.165, 1.54) is 71.0 Å². The van der Waals surface area contributed by atoms with Crippen LogP contribution < -0.4 is 0 Å². The van der Waals surface area contributed by atoms with Crippen molar-refractivity contribution in [2.75, 3.05) is 26.7 Å². The van der Waals surface area contributed by atoms with Crippen molar-refractivity contribution in [3.63, 3.8) is 0 Å². The summed E-state index contributed by atoms with van der Waals surface area (Å²) in [5, 5.41) is 0. The summed E-state index contributed by atoms with van der Waals surface area (Å²) >= 11 is 0. The first-order chi connectivity index (χ1) is 8.34. The Morgan fingerprint density at radius 1 is 0.765 bits per heavy atom. The van der Waals surface area contributed by atoms with Gasteiger partial charge in [-0.05, 0) is 71.1 Å². The molecule has 0 N–H and O–H groups in total. The third kappa shape index (κ3) is 2.53. The fourth-order valence-electron chi connectivity index (χ4n) is 4.44. The Morgan fingerprint density at radius 2 is 1.47 bits per heavy atom. The molecule has 2 heteroatoms. The van der Waals surface area contributed by atoms with Crippen molar-refractivity contribution in [2.45, 2.75) is 63.5 Å². The molecule has 1 saturated carbocycles. The van der Waals surface area contributed by atoms with Crippen molar-refractivity contribution in [2.24, 2.45) is 5.92 Å². The van der Waals surface area contributed by atoms with E-state index < -0.39 is 0 Å². The molecule has 0 radical (unpaired) electrons. The lowest BCUT2D eigenvalue weighted by Gasteiger charge is -2.49. The van der Waals surface area contributed by atoms with Gasteiger partial charge in [-0.25, -0.2) is 0 Å². The fraction of sp³-hybridized carbons (Fsp3) is 1.00. The van der Waals surface area contributed by atoms with Crippen LogP contribution in [0.5, 0.6) is 0 Å². The third-order valence-electron chi connectivity index (χ3n) is 5.44. The Morgan fingerprint density at radius 3 is 2.29 bits per heavy atom. The molecule has 3 rings (SSSR count). The van der Waals surface area contributed by atoms with Gasteiger partial charge in [0.1, 0.15) is 0 Å². The lowest BCUT2D eigenvalue weighted by Crippen LogP contribution is -2.54. The highest BCUT2D eigenvalue weighted by Gasteiger charge is 2.37. The quantitative estimate of drug-likeness (QED) is 0.691. The highest BCUT2D eigenvalue weighted by molar-refractivity contribution is 4.92. The van der Waals surface area contributed by atoms with Gasteiger partial charge in [-0.2, -0.15) is 0 Å². The van der Waals surface area contributed by atoms with E-state index in [2.05, 4.69) is 16.8 Å². The maximum absolute atomic E-state index is 2.93. The lowest BCUT2D eigenvalue weighted by atomic mass is 9.77. The summed E-state index contributed by atoms with van der Waals surface area (Å²) < 4.78 is 0. The van der Waals surface area contributed by atoms with E-state index in [9.17, 15) is 0 Å². The first-order valence-electron chi connectivity index (χ1n) is 7.79. The topological polar surface area (TPSA) is 6.48 Å². The van der Waals surface area contributed by atoms with Gasteiger partial charge in [-0.15, -0.1) is 0 Å². The average molecular weight is 236 g/mol. The highest BCUT2D eigenvalue weighted by atomic mass is 15.2. The van der Waals surface area contributed by atoms with Crippen molar-refractivity contribution >= 4 is 0 Å². The molecule has 3 fully saturated rings. The predicted octanol–water partition coefficient (Wildman–Crippen LogP) is 2.74. The molecule has 17 heavy (non-hydrogen) atoms. The van der Waals surface area contributed by atoms with Crippen LogP contribution >= 0.6 is 0 Å². The molecule has 2 aliphatic heterocycles. The number of fused-ring (bicyclic) bond motifs is 1. The SMILES string of the molecule is CN1CCC(N2CCC[C@H]3CCCC[C@@H]32)CC1. The van der Waals surface area contributed by atoms with Gasteiger partial charge < -0.3 is 4.90 Å². The Labute approximate surface area is 106 Å². The van der Waals surface area contributed by atoms with Crippen LogP contribution in [-0.2, 0) is 0 Å². The molecule has 0 bridgehead atoms. The number of piperidine rings is 2. The molecule has 0 aromatic rings. The summed E-state index contributed by atoms with van der Waals surface area (Å²) in [5.74, 6) is 1.05. The van der Waals surface area contributed by atoms with Gasteiger partial charge in [-0.1, -0.05) is 12.8 Å².